The van der Waals surface area contributed by atoms with Crippen LogP contribution in [0.25, 0.3) is 0 Å². The minimum atomic E-state index is -2.89. The van der Waals surface area contributed by atoms with E-state index in [9.17, 15) is 27.6 Å². The number of hydrogen-bond donors (Lipinski definition) is 1. The molecule has 1 N–H and O–H groups in total. The first-order valence-electron chi connectivity index (χ1n) is 13.0. The van der Waals surface area contributed by atoms with Gasteiger partial charge in [-0.15, -0.1) is 0 Å². The third-order valence-electron chi connectivity index (χ3n) is 7.19. The highest BCUT2D eigenvalue weighted by molar-refractivity contribution is 6.32. The lowest BCUT2D eigenvalue weighted by atomic mass is 9.87. The van der Waals surface area contributed by atoms with Crippen molar-refractivity contribution in [1.29, 1.82) is 0 Å². The molecular formula is C29H25Cl2F3N4O3. The topological polar surface area (TPSA) is 82.6 Å². The summed E-state index contributed by atoms with van der Waals surface area (Å²) in [6, 6.07) is 11.7. The van der Waals surface area contributed by atoms with Gasteiger partial charge in [0, 0.05) is 65.3 Å². The number of halogens is 5. The molecule has 2 aromatic carbocycles. The summed E-state index contributed by atoms with van der Waals surface area (Å²) >= 11 is 12.6. The standard InChI is InChI=1S/C29H25Cl2F3N4O3/c30-17-10-11-35-24(12-17)37-21(8-9-25(37)39)14-26(40)38(20-5-3-4-18(32)13-20)27(22-6-1-2-7-23(22)31)28(41)36-19-15-29(33,34)16-19/h1-7,10-13,19,21,27H,8-9,14-16H2,(H,36,41)/t21-,27-/m0/s1. The van der Waals surface area contributed by atoms with Crippen LogP contribution in [-0.2, 0) is 14.4 Å². The van der Waals surface area contributed by atoms with Gasteiger partial charge in [-0.25, -0.2) is 18.2 Å². The van der Waals surface area contributed by atoms with Crippen molar-refractivity contribution in [2.24, 2.45) is 0 Å². The van der Waals surface area contributed by atoms with Crippen molar-refractivity contribution in [3.05, 3.63) is 88.3 Å². The smallest absolute Gasteiger partial charge is 0.252 e. The molecule has 0 unspecified atom stereocenters. The molecule has 2 fully saturated rings. The summed E-state index contributed by atoms with van der Waals surface area (Å²) in [4.78, 5) is 47.4. The highest BCUT2D eigenvalue weighted by Crippen LogP contribution is 2.39. The van der Waals surface area contributed by atoms with Crippen LogP contribution in [0.5, 0.6) is 0 Å². The molecule has 0 radical (unpaired) electrons. The molecule has 214 valence electrons. The summed E-state index contributed by atoms with van der Waals surface area (Å²) in [5.41, 5.74) is 0.289. The van der Waals surface area contributed by atoms with Crippen molar-refractivity contribution in [2.75, 3.05) is 9.80 Å². The molecular weight excluding hydrogens is 580 g/mol. The van der Waals surface area contributed by atoms with Gasteiger partial charge in [0.05, 0.1) is 0 Å². The largest absolute Gasteiger partial charge is 0.351 e. The number of nitrogens with one attached hydrogen (secondary N) is 1. The van der Waals surface area contributed by atoms with Gasteiger partial charge < -0.3 is 5.32 Å². The second-order valence-corrected chi connectivity index (χ2v) is 11.0. The number of nitrogens with zero attached hydrogens (tertiary/aromatic N) is 3. The Balaban J connectivity index is 1.52. The van der Waals surface area contributed by atoms with Crippen LogP contribution in [0.15, 0.2) is 66.9 Å². The van der Waals surface area contributed by atoms with E-state index in [-0.39, 0.29) is 40.8 Å². The molecule has 0 spiro atoms. The Morgan fingerprint density at radius 3 is 2.54 bits per heavy atom. The fourth-order valence-corrected chi connectivity index (χ4v) is 5.67. The van der Waals surface area contributed by atoms with Gasteiger partial charge in [-0.05, 0) is 42.8 Å². The van der Waals surface area contributed by atoms with Gasteiger partial charge in [0.25, 0.3) is 5.92 Å². The second kappa shape index (κ2) is 11.7. The predicted molar refractivity (Wildman–Crippen MR) is 149 cm³/mol. The molecule has 5 rings (SSSR count). The monoisotopic (exact) mass is 604 g/mol. The van der Waals surface area contributed by atoms with E-state index in [1.54, 1.807) is 24.3 Å². The van der Waals surface area contributed by atoms with Crippen molar-refractivity contribution >= 4 is 52.4 Å². The fourth-order valence-electron chi connectivity index (χ4n) is 5.28. The van der Waals surface area contributed by atoms with Crippen molar-refractivity contribution in [1.82, 2.24) is 10.3 Å². The number of hydrogen-bond acceptors (Lipinski definition) is 4. The summed E-state index contributed by atoms with van der Waals surface area (Å²) < 4.78 is 41.6. The van der Waals surface area contributed by atoms with Gasteiger partial charge in [0.1, 0.15) is 17.7 Å². The Hall–Kier alpha value is -3.63. The normalized spacial score (nSPS) is 19.0. The van der Waals surface area contributed by atoms with Crippen LogP contribution < -0.4 is 15.1 Å². The number of carbonyl (C=O) groups is 3. The number of aromatic nitrogens is 1. The number of carbonyl (C=O) groups excluding carboxylic acids is 3. The molecule has 2 atom stereocenters. The summed E-state index contributed by atoms with van der Waals surface area (Å²) in [6.07, 6.45) is 0.628. The lowest BCUT2D eigenvalue weighted by Crippen LogP contribution is -2.54. The van der Waals surface area contributed by atoms with Crippen LogP contribution in [0.2, 0.25) is 10.0 Å². The lowest BCUT2D eigenvalue weighted by molar-refractivity contribution is -0.133. The number of amides is 3. The molecule has 12 heteroatoms. The number of rotatable bonds is 8. The quantitative estimate of drug-likeness (QED) is 0.337. The Bertz CT molecular complexity index is 1480. The van der Waals surface area contributed by atoms with Gasteiger partial charge in [0.15, 0.2) is 0 Å². The van der Waals surface area contributed by atoms with Crippen LogP contribution in [-0.4, -0.2) is 40.7 Å². The maximum atomic E-state index is 14.5. The van der Waals surface area contributed by atoms with Crippen LogP contribution in [0.4, 0.5) is 24.7 Å². The predicted octanol–water partition coefficient (Wildman–Crippen LogP) is 6.10. The molecule has 2 heterocycles. The van der Waals surface area contributed by atoms with E-state index in [0.29, 0.717) is 11.4 Å². The van der Waals surface area contributed by atoms with Gasteiger partial charge in [0.2, 0.25) is 17.7 Å². The highest BCUT2D eigenvalue weighted by atomic mass is 35.5. The zero-order valence-corrected chi connectivity index (χ0v) is 23.1. The molecule has 1 saturated carbocycles. The third kappa shape index (κ3) is 6.33. The summed E-state index contributed by atoms with van der Waals surface area (Å²) in [5.74, 6) is -4.86. The first-order chi connectivity index (χ1) is 19.5. The number of alkyl halides is 2. The summed E-state index contributed by atoms with van der Waals surface area (Å²) in [5, 5.41) is 3.12. The molecule has 1 saturated heterocycles. The molecule has 3 aromatic rings. The van der Waals surface area contributed by atoms with E-state index in [1.807, 2.05) is 0 Å². The second-order valence-electron chi connectivity index (χ2n) is 10.1. The van der Waals surface area contributed by atoms with Crippen molar-refractivity contribution < 1.29 is 27.6 Å². The van der Waals surface area contributed by atoms with E-state index in [0.717, 1.165) is 11.0 Å². The summed E-state index contributed by atoms with van der Waals surface area (Å²) in [6.45, 7) is 0. The van der Waals surface area contributed by atoms with Crippen LogP contribution >= 0.6 is 23.2 Å². The lowest BCUT2D eigenvalue weighted by Gasteiger charge is -2.38. The van der Waals surface area contributed by atoms with Crippen LogP contribution in [0, 0.1) is 5.82 Å². The maximum Gasteiger partial charge on any atom is 0.252 e. The average Bonchev–Trinajstić information content (AvgIpc) is 3.26. The Morgan fingerprint density at radius 2 is 1.85 bits per heavy atom. The molecule has 3 amide bonds. The first-order valence-corrected chi connectivity index (χ1v) is 13.7. The minimum Gasteiger partial charge on any atom is -0.351 e. The Morgan fingerprint density at radius 1 is 1.10 bits per heavy atom. The van der Waals surface area contributed by atoms with Gasteiger partial charge in [-0.3, -0.25) is 24.2 Å². The minimum absolute atomic E-state index is 0.0609. The van der Waals surface area contributed by atoms with Gasteiger partial charge in [-0.1, -0.05) is 47.5 Å². The molecule has 1 aliphatic heterocycles. The van der Waals surface area contributed by atoms with Crippen molar-refractivity contribution in [3.8, 4) is 0 Å². The Kier molecular flexibility index (Phi) is 8.24. The average molecular weight is 605 g/mol. The van der Waals surface area contributed by atoms with Crippen molar-refractivity contribution in [2.45, 2.75) is 56.2 Å². The van der Waals surface area contributed by atoms with E-state index < -0.39 is 54.5 Å². The van der Waals surface area contributed by atoms with E-state index in [4.69, 9.17) is 23.2 Å². The SMILES string of the molecule is O=C(NC1CC(F)(F)C1)[C@H](c1ccccc1Cl)N(C(=O)C[C@@H]1CCC(=O)N1c1cc(Cl)ccn1)c1cccc(F)c1. The molecule has 7 nitrogen and oxygen atoms in total. The molecule has 2 aliphatic rings. The maximum absolute atomic E-state index is 14.5. The number of benzene rings is 2. The molecule has 1 aromatic heterocycles. The summed E-state index contributed by atoms with van der Waals surface area (Å²) in [7, 11) is 0. The molecule has 41 heavy (non-hydrogen) atoms. The first kappa shape index (κ1) is 28.9. The van der Waals surface area contributed by atoms with Gasteiger partial charge >= 0.3 is 0 Å². The zero-order valence-electron chi connectivity index (χ0n) is 21.6. The van der Waals surface area contributed by atoms with E-state index in [1.165, 1.54) is 41.4 Å². The van der Waals surface area contributed by atoms with E-state index >= 15 is 0 Å². The van der Waals surface area contributed by atoms with Crippen molar-refractivity contribution in [3.63, 3.8) is 0 Å². The van der Waals surface area contributed by atoms with Crippen LogP contribution in [0.1, 0.15) is 43.7 Å². The fraction of sp³-hybridized carbons (Fsp3) is 0.310. The van der Waals surface area contributed by atoms with Crippen LogP contribution in [0.3, 0.4) is 0 Å². The Labute approximate surface area is 244 Å². The number of pyridine rings is 1. The molecule has 0 bridgehead atoms. The molecule has 1 aliphatic carbocycles. The number of anilines is 2. The highest BCUT2D eigenvalue weighted by Gasteiger charge is 2.47. The zero-order chi connectivity index (χ0) is 29.3. The third-order valence-corrected chi connectivity index (χ3v) is 7.77. The van der Waals surface area contributed by atoms with Gasteiger partial charge in [-0.2, -0.15) is 0 Å². The van der Waals surface area contributed by atoms with E-state index in [2.05, 4.69) is 10.3 Å².